The van der Waals surface area contributed by atoms with Crippen LogP contribution >= 0.6 is 12.2 Å². The van der Waals surface area contributed by atoms with Gasteiger partial charge in [0, 0.05) is 5.56 Å². The van der Waals surface area contributed by atoms with Crippen molar-refractivity contribution in [2.75, 3.05) is 0 Å². The van der Waals surface area contributed by atoms with Gasteiger partial charge in [0.1, 0.15) is 6.54 Å². The third-order valence-electron chi connectivity index (χ3n) is 1.78. The molecule has 2 rings (SSSR count). The van der Waals surface area contributed by atoms with E-state index in [1.165, 1.54) is 4.80 Å². The van der Waals surface area contributed by atoms with Gasteiger partial charge in [-0.15, -0.1) is 10.2 Å². The Labute approximate surface area is 91.9 Å². The zero-order valence-corrected chi connectivity index (χ0v) is 8.68. The second-order valence-corrected chi connectivity index (χ2v) is 3.50. The Hall–Kier alpha value is -1.82. The maximum atomic E-state index is 5.38. The topological polar surface area (TPSA) is 69.6 Å². The van der Waals surface area contributed by atoms with Crippen LogP contribution in [-0.2, 0) is 6.54 Å². The summed E-state index contributed by atoms with van der Waals surface area (Å²) in [6, 6.07) is 9.61. The van der Waals surface area contributed by atoms with Crippen LogP contribution in [0.2, 0.25) is 0 Å². The molecule has 0 radical (unpaired) electrons. The molecular formula is C9H9N5S. The summed E-state index contributed by atoms with van der Waals surface area (Å²) in [7, 11) is 0. The van der Waals surface area contributed by atoms with Gasteiger partial charge >= 0.3 is 0 Å². The van der Waals surface area contributed by atoms with Crippen LogP contribution in [0.3, 0.4) is 0 Å². The van der Waals surface area contributed by atoms with Crippen LogP contribution in [0.4, 0.5) is 0 Å². The molecule has 0 saturated carbocycles. The van der Waals surface area contributed by atoms with Gasteiger partial charge in [-0.05, 0) is 5.21 Å². The van der Waals surface area contributed by atoms with E-state index in [1.807, 2.05) is 30.3 Å². The Balaban J connectivity index is 2.24. The van der Waals surface area contributed by atoms with Gasteiger partial charge in [-0.3, -0.25) is 0 Å². The van der Waals surface area contributed by atoms with Gasteiger partial charge in [0.05, 0.1) is 4.99 Å². The molecule has 1 aromatic carbocycles. The maximum Gasteiger partial charge on any atom is 0.204 e. The highest BCUT2D eigenvalue weighted by Crippen LogP contribution is 2.11. The minimum absolute atomic E-state index is 0.315. The molecule has 0 unspecified atom stereocenters. The third-order valence-corrected chi connectivity index (χ3v) is 1.91. The molecule has 0 amide bonds. The first-order chi connectivity index (χ1) is 7.25. The van der Waals surface area contributed by atoms with E-state index in [-0.39, 0.29) is 0 Å². The van der Waals surface area contributed by atoms with Gasteiger partial charge in [-0.2, -0.15) is 4.80 Å². The van der Waals surface area contributed by atoms with Gasteiger partial charge < -0.3 is 5.73 Å². The van der Waals surface area contributed by atoms with Gasteiger partial charge in [0.2, 0.25) is 5.82 Å². The van der Waals surface area contributed by atoms with E-state index in [2.05, 4.69) is 15.4 Å². The molecule has 0 spiro atoms. The van der Waals surface area contributed by atoms with Crippen LogP contribution in [0.25, 0.3) is 11.4 Å². The maximum absolute atomic E-state index is 5.38. The van der Waals surface area contributed by atoms with Gasteiger partial charge in [-0.25, -0.2) is 0 Å². The zero-order valence-electron chi connectivity index (χ0n) is 7.87. The number of hydrogen-bond donors (Lipinski definition) is 1. The van der Waals surface area contributed by atoms with Crippen molar-refractivity contribution in [3.63, 3.8) is 0 Å². The normalized spacial score (nSPS) is 10.1. The summed E-state index contributed by atoms with van der Waals surface area (Å²) in [6.45, 7) is 0.315. The second kappa shape index (κ2) is 4.14. The Morgan fingerprint density at radius 2 is 2.07 bits per heavy atom. The summed E-state index contributed by atoms with van der Waals surface area (Å²) in [5.41, 5.74) is 6.30. The van der Waals surface area contributed by atoms with Crippen molar-refractivity contribution in [3.8, 4) is 11.4 Å². The first-order valence-corrected chi connectivity index (χ1v) is 4.78. The van der Waals surface area contributed by atoms with Crippen molar-refractivity contribution >= 4 is 17.2 Å². The zero-order chi connectivity index (χ0) is 10.7. The average Bonchev–Trinajstić information content (AvgIpc) is 2.67. The van der Waals surface area contributed by atoms with E-state index in [0.29, 0.717) is 17.4 Å². The molecule has 2 N–H and O–H groups in total. The van der Waals surface area contributed by atoms with Crippen molar-refractivity contribution in [2.24, 2.45) is 5.73 Å². The first-order valence-electron chi connectivity index (χ1n) is 4.37. The fraction of sp³-hybridized carbons (Fsp3) is 0.111. The predicted molar refractivity (Wildman–Crippen MR) is 60.0 cm³/mol. The van der Waals surface area contributed by atoms with E-state index < -0.39 is 0 Å². The summed E-state index contributed by atoms with van der Waals surface area (Å²) in [5, 5.41) is 11.9. The van der Waals surface area contributed by atoms with Crippen molar-refractivity contribution in [2.45, 2.75) is 6.54 Å². The van der Waals surface area contributed by atoms with Crippen molar-refractivity contribution in [1.29, 1.82) is 0 Å². The molecule has 0 bridgehead atoms. The van der Waals surface area contributed by atoms with Gasteiger partial charge in [0.15, 0.2) is 0 Å². The minimum Gasteiger partial charge on any atom is -0.392 e. The monoisotopic (exact) mass is 219 g/mol. The lowest BCUT2D eigenvalue weighted by Gasteiger charge is -1.94. The van der Waals surface area contributed by atoms with E-state index in [1.54, 1.807) is 0 Å². The summed E-state index contributed by atoms with van der Waals surface area (Å²) in [5.74, 6) is 0.576. The molecule has 0 aliphatic carbocycles. The van der Waals surface area contributed by atoms with Crippen LogP contribution in [-0.4, -0.2) is 25.2 Å². The fourth-order valence-corrected chi connectivity index (χ4v) is 1.27. The van der Waals surface area contributed by atoms with E-state index in [0.717, 1.165) is 5.56 Å². The first kappa shape index (κ1) is 9.72. The molecule has 1 heterocycles. The largest absolute Gasteiger partial charge is 0.392 e. The molecule has 2 aromatic rings. The van der Waals surface area contributed by atoms with Crippen LogP contribution < -0.4 is 5.73 Å². The molecule has 0 aliphatic heterocycles. The summed E-state index contributed by atoms with van der Waals surface area (Å²) in [4.78, 5) is 1.72. The van der Waals surface area contributed by atoms with E-state index in [4.69, 9.17) is 18.0 Å². The number of nitrogens with two attached hydrogens (primary N) is 1. The average molecular weight is 219 g/mol. The molecular weight excluding hydrogens is 210 g/mol. The van der Waals surface area contributed by atoms with Crippen LogP contribution in [0.5, 0.6) is 0 Å². The molecule has 76 valence electrons. The summed E-state index contributed by atoms with van der Waals surface area (Å²) < 4.78 is 0. The SMILES string of the molecule is NC(=S)Cn1nnc(-c2ccccc2)n1. The van der Waals surface area contributed by atoms with Crippen LogP contribution in [0, 0.1) is 0 Å². The van der Waals surface area contributed by atoms with Crippen LogP contribution in [0.15, 0.2) is 30.3 Å². The lowest BCUT2D eigenvalue weighted by atomic mass is 10.2. The molecule has 0 aliphatic rings. The Kier molecular flexibility index (Phi) is 2.68. The highest BCUT2D eigenvalue weighted by atomic mass is 32.1. The number of aromatic nitrogens is 4. The quantitative estimate of drug-likeness (QED) is 0.767. The molecule has 0 fully saturated rings. The predicted octanol–water partition coefficient (Wildman–Crippen LogP) is 0.626. The number of tetrazole rings is 1. The van der Waals surface area contributed by atoms with Gasteiger partial charge in [-0.1, -0.05) is 42.5 Å². The second-order valence-electron chi connectivity index (χ2n) is 2.98. The Morgan fingerprint density at radius 1 is 1.33 bits per heavy atom. The highest BCUT2D eigenvalue weighted by molar-refractivity contribution is 7.80. The lowest BCUT2D eigenvalue weighted by Crippen LogP contribution is -2.18. The standard InChI is InChI=1S/C9H9N5S/c10-8(15)6-14-12-9(11-13-14)7-4-2-1-3-5-7/h1-5H,6H2,(H2,10,15). The van der Waals surface area contributed by atoms with E-state index >= 15 is 0 Å². The number of nitrogens with zero attached hydrogens (tertiary/aromatic N) is 4. The molecule has 0 saturated heterocycles. The van der Waals surface area contributed by atoms with Crippen molar-refractivity contribution < 1.29 is 0 Å². The molecule has 1 aromatic heterocycles. The Bertz CT molecular complexity index is 464. The summed E-state index contributed by atoms with van der Waals surface area (Å²) in [6.07, 6.45) is 0. The molecule has 6 heteroatoms. The Morgan fingerprint density at radius 3 is 2.73 bits per heavy atom. The number of rotatable bonds is 3. The summed E-state index contributed by atoms with van der Waals surface area (Å²) >= 11 is 4.75. The number of thiocarbonyl (C=S) groups is 1. The third kappa shape index (κ3) is 2.35. The number of hydrogen-bond acceptors (Lipinski definition) is 4. The number of benzene rings is 1. The van der Waals surface area contributed by atoms with E-state index in [9.17, 15) is 0 Å². The van der Waals surface area contributed by atoms with Crippen molar-refractivity contribution in [1.82, 2.24) is 20.2 Å². The highest BCUT2D eigenvalue weighted by Gasteiger charge is 2.04. The smallest absolute Gasteiger partial charge is 0.204 e. The fourth-order valence-electron chi connectivity index (χ4n) is 1.15. The van der Waals surface area contributed by atoms with Crippen molar-refractivity contribution in [3.05, 3.63) is 30.3 Å². The van der Waals surface area contributed by atoms with Crippen LogP contribution in [0.1, 0.15) is 0 Å². The minimum atomic E-state index is 0.315. The molecule has 0 atom stereocenters. The molecule has 5 nitrogen and oxygen atoms in total. The van der Waals surface area contributed by atoms with Gasteiger partial charge in [0.25, 0.3) is 0 Å². The molecule has 15 heavy (non-hydrogen) atoms. The lowest BCUT2D eigenvalue weighted by molar-refractivity contribution is 0.600.